The van der Waals surface area contributed by atoms with Crippen molar-refractivity contribution in [2.24, 2.45) is 0 Å². The zero-order chi connectivity index (χ0) is 17.8. The molecule has 0 spiro atoms. The Hall–Kier alpha value is -3.13. The maximum atomic E-state index is 12.9. The standard InChI is InChI=1S/C17H12FN3O3S/c18-13-6-4-11(5-7-13)8-16(22)20-17-19-15(10-25-17)12-2-1-3-14(9-12)21(23)24/h1-7,9-10H,8H2,(H,19,20,22). The van der Waals surface area contributed by atoms with Crippen LogP contribution in [-0.4, -0.2) is 15.8 Å². The lowest BCUT2D eigenvalue weighted by molar-refractivity contribution is -0.384. The lowest BCUT2D eigenvalue weighted by atomic mass is 10.1. The number of carbonyl (C=O) groups excluding carboxylic acids is 1. The lowest BCUT2D eigenvalue weighted by Crippen LogP contribution is -2.14. The Kier molecular flexibility index (Phi) is 4.80. The monoisotopic (exact) mass is 357 g/mol. The third kappa shape index (κ3) is 4.24. The van der Waals surface area contributed by atoms with Gasteiger partial charge in [-0.25, -0.2) is 9.37 Å². The number of nitrogens with zero attached hydrogens (tertiary/aromatic N) is 2. The summed E-state index contributed by atoms with van der Waals surface area (Å²) in [6.45, 7) is 0. The summed E-state index contributed by atoms with van der Waals surface area (Å²) in [4.78, 5) is 26.7. The van der Waals surface area contributed by atoms with Crippen LogP contribution in [-0.2, 0) is 11.2 Å². The molecule has 1 amide bonds. The molecule has 0 unspecified atom stereocenters. The van der Waals surface area contributed by atoms with Gasteiger partial charge in [0.2, 0.25) is 5.91 Å². The first-order valence-electron chi connectivity index (χ1n) is 7.26. The number of nitro benzene ring substituents is 1. The van der Waals surface area contributed by atoms with Gasteiger partial charge in [-0.05, 0) is 17.7 Å². The first-order valence-corrected chi connectivity index (χ1v) is 8.14. The van der Waals surface area contributed by atoms with E-state index in [1.165, 1.54) is 35.6 Å². The average Bonchev–Trinajstić information content (AvgIpc) is 3.05. The highest BCUT2D eigenvalue weighted by atomic mass is 32.1. The van der Waals surface area contributed by atoms with Crippen LogP contribution in [0.15, 0.2) is 53.9 Å². The Morgan fingerprint density at radius 1 is 1.24 bits per heavy atom. The summed E-state index contributed by atoms with van der Waals surface area (Å²) in [5, 5.41) is 15.6. The summed E-state index contributed by atoms with van der Waals surface area (Å²) in [7, 11) is 0. The fraction of sp³-hybridized carbons (Fsp3) is 0.0588. The first kappa shape index (κ1) is 16.7. The van der Waals surface area contributed by atoms with E-state index in [0.29, 0.717) is 22.0 Å². The number of anilines is 1. The smallest absolute Gasteiger partial charge is 0.270 e. The minimum absolute atomic E-state index is 0.0209. The molecule has 0 bridgehead atoms. The van der Waals surface area contributed by atoms with Crippen LogP contribution < -0.4 is 5.32 Å². The fourth-order valence-electron chi connectivity index (χ4n) is 2.19. The number of halogens is 1. The number of hydrogen-bond acceptors (Lipinski definition) is 5. The van der Waals surface area contributed by atoms with Gasteiger partial charge in [-0.3, -0.25) is 14.9 Å². The molecule has 8 heteroatoms. The Bertz CT molecular complexity index is 925. The molecule has 0 aliphatic rings. The Morgan fingerprint density at radius 3 is 2.72 bits per heavy atom. The van der Waals surface area contributed by atoms with Crippen molar-refractivity contribution in [1.82, 2.24) is 4.98 Å². The molecule has 0 fully saturated rings. The predicted octanol–water partition coefficient (Wildman–Crippen LogP) is 4.04. The number of thiazole rings is 1. The molecule has 0 atom stereocenters. The maximum Gasteiger partial charge on any atom is 0.270 e. The molecule has 126 valence electrons. The van der Waals surface area contributed by atoms with E-state index < -0.39 is 4.92 Å². The Morgan fingerprint density at radius 2 is 2.00 bits per heavy atom. The summed E-state index contributed by atoms with van der Waals surface area (Å²) in [6, 6.07) is 11.8. The van der Waals surface area contributed by atoms with Gasteiger partial charge in [0.05, 0.1) is 17.0 Å². The number of non-ortho nitro benzene ring substituents is 1. The molecule has 0 saturated carbocycles. The molecular weight excluding hydrogens is 345 g/mol. The minimum atomic E-state index is -0.471. The SMILES string of the molecule is O=C(Cc1ccc(F)cc1)Nc1nc(-c2cccc([N+](=O)[O-])c2)cs1. The van der Waals surface area contributed by atoms with Gasteiger partial charge in [0.25, 0.3) is 5.69 Å². The highest BCUT2D eigenvalue weighted by molar-refractivity contribution is 7.14. The molecule has 1 N–H and O–H groups in total. The zero-order valence-electron chi connectivity index (χ0n) is 12.8. The van der Waals surface area contributed by atoms with Gasteiger partial charge in [-0.1, -0.05) is 24.3 Å². The summed E-state index contributed by atoms with van der Waals surface area (Å²) in [6.07, 6.45) is 0.103. The first-order chi connectivity index (χ1) is 12.0. The number of nitro groups is 1. The van der Waals surface area contributed by atoms with Gasteiger partial charge in [0, 0.05) is 23.1 Å². The Labute approximate surface area is 146 Å². The second kappa shape index (κ2) is 7.18. The number of hydrogen-bond donors (Lipinski definition) is 1. The Balaban J connectivity index is 1.69. The molecule has 6 nitrogen and oxygen atoms in total. The molecule has 0 saturated heterocycles. The minimum Gasteiger partial charge on any atom is -0.302 e. The van der Waals surface area contributed by atoms with Crippen LogP contribution in [0.25, 0.3) is 11.3 Å². The van der Waals surface area contributed by atoms with Crippen molar-refractivity contribution in [2.45, 2.75) is 6.42 Å². The highest BCUT2D eigenvalue weighted by Crippen LogP contribution is 2.27. The van der Waals surface area contributed by atoms with Crippen LogP contribution in [0, 0.1) is 15.9 Å². The summed E-state index contributed by atoms with van der Waals surface area (Å²) < 4.78 is 12.9. The molecule has 25 heavy (non-hydrogen) atoms. The molecule has 3 aromatic rings. The van der Waals surface area contributed by atoms with E-state index in [0.717, 1.165) is 0 Å². The normalized spacial score (nSPS) is 10.4. The number of aromatic nitrogens is 1. The van der Waals surface area contributed by atoms with Crippen molar-refractivity contribution < 1.29 is 14.1 Å². The highest BCUT2D eigenvalue weighted by Gasteiger charge is 2.12. The van der Waals surface area contributed by atoms with Crippen molar-refractivity contribution in [1.29, 1.82) is 0 Å². The van der Waals surface area contributed by atoms with Crippen molar-refractivity contribution in [3.63, 3.8) is 0 Å². The third-order valence-electron chi connectivity index (χ3n) is 3.38. The number of rotatable bonds is 5. The van der Waals surface area contributed by atoms with E-state index in [9.17, 15) is 19.3 Å². The van der Waals surface area contributed by atoms with E-state index in [4.69, 9.17) is 0 Å². The molecule has 1 heterocycles. The number of carbonyl (C=O) groups is 1. The van der Waals surface area contributed by atoms with E-state index in [1.54, 1.807) is 29.6 Å². The van der Waals surface area contributed by atoms with Crippen molar-refractivity contribution in [3.05, 3.63) is 75.4 Å². The van der Waals surface area contributed by atoms with E-state index >= 15 is 0 Å². The van der Waals surface area contributed by atoms with Gasteiger partial charge in [0.1, 0.15) is 5.82 Å². The topological polar surface area (TPSA) is 85.1 Å². The van der Waals surface area contributed by atoms with Crippen LogP contribution >= 0.6 is 11.3 Å². The van der Waals surface area contributed by atoms with Crippen LogP contribution in [0.2, 0.25) is 0 Å². The zero-order valence-corrected chi connectivity index (χ0v) is 13.6. The van der Waals surface area contributed by atoms with Crippen molar-refractivity contribution in [3.8, 4) is 11.3 Å². The van der Waals surface area contributed by atoms with Gasteiger partial charge >= 0.3 is 0 Å². The van der Waals surface area contributed by atoms with E-state index in [2.05, 4.69) is 10.3 Å². The number of nitrogens with one attached hydrogen (secondary N) is 1. The number of benzene rings is 2. The summed E-state index contributed by atoms with van der Waals surface area (Å²) in [5.74, 6) is -0.628. The molecule has 0 radical (unpaired) electrons. The van der Waals surface area contributed by atoms with E-state index in [-0.39, 0.29) is 23.8 Å². The molecule has 2 aromatic carbocycles. The van der Waals surface area contributed by atoms with Crippen LogP contribution in [0.5, 0.6) is 0 Å². The fourth-order valence-corrected chi connectivity index (χ4v) is 2.93. The second-order valence-electron chi connectivity index (χ2n) is 5.20. The molecule has 1 aromatic heterocycles. The lowest BCUT2D eigenvalue weighted by Gasteiger charge is -2.02. The molecule has 3 rings (SSSR count). The largest absolute Gasteiger partial charge is 0.302 e. The predicted molar refractivity (Wildman–Crippen MR) is 92.9 cm³/mol. The third-order valence-corrected chi connectivity index (χ3v) is 4.14. The van der Waals surface area contributed by atoms with Gasteiger partial charge < -0.3 is 5.32 Å². The van der Waals surface area contributed by atoms with Crippen molar-refractivity contribution >= 4 is 28.1 Å². The van der Waals surface area contributed by atoms with Crippen LogP contribution in [0.1, 0.15) is 5.56 Å². The van der Waals surface area contributed by atoms with E-state index in [1.807, 2.05) is 0 Å². The maximum absolute atomic E-state index is 12.9. The van der Waals surface area contributed by atoms with Gasteiger partial charge in [0.15, 0.2) is 5.13 Å². The van der Waals surface area contributed by atoms with Crippen molar-refractivity contribution in [2.75, 3.05) is 5.32 Å². The average molecular weight is 357 g/mol. The summed E-state index contributed by atoms with van der Waals surface area (Å²) >= 11 is 1.23. The van der Waals surface area contributed by atoms with Gasteiger partial charge in [-0.2, -0.15) is 0 Å². The molecular formula is C17H12FN3O3S. The van der Waals surface area contributed by atoms with Gasteiger partial charge in [-0.15, -0.1) is 11.3 Å². The molecule has 0 aliphatic carbocycles. The van der Waals surface area contributed by atoms with Crippen LogP contribution in [0.3, 0.4) is 0 Å². The van der Waals surface area contributed by atoms with Crippen LogP contribution in [0.4, 0.5) is 15.2 Å². The quantitative estimate of drug-likeness (QED) is 0.552. The second-order valence-corrected chi connectivity index (χ2v) is 6.05. The number of amides is 1. The molecule has 0 aliphatic heterocycles. The summed E-state index contributed by atoms with van der Waals surface area (Å²) in [5.41, 5.74) is 1.82.